The van der Waals surface area contributed by atoms with Crippen molar-refractivity contribution in [2.24, 2.45) is 0 Å². The normalized spacial score (nSPS) is 10.6. The lowest BCUT2D eigenvalue weighted by molar-refractivity contribution is 0.0965. The van der Waals surface area contributed by atoms with Crippen LogP contribution in [0, 0.1) is 0 Å². The number of halogens is 1. The summed E-state index contributed by atoms with van der Waals surface area (Å²) in [4.78, 5) is 23.9. The number of benzene rings is 2. The highest BCUT2D eigenvalue weighted by Crippen LogP contribution is 2.18. The first-order valence-electron chi connectivity index (χ1n) is 6.55. The van der Waals surface area contributed by atoms with Crippen LogP contribution in [0.5, 0.6) is 0 Å². The van der Waals surface area contributed by atoms with Crippen LogP contribution in [-0.4, -0.2) is 15.6 Å². The van der Waals surface area contributed by atoms with Crippen LogP contribution in [0.3, 0.4) is 0 Å². The first kappa shape index (κ1) is 14.3. The molecular weight excluding hydrogens is 304 g/mol. The van der Waals surface area contributed by atoms with E-state index in [1.54, 1.807) is 48.5 Å². The third-order valence-electron chi connectivity index (χ3n) is 3.09. The van der Waals surface area contributed by atoms with E-state index in [2.05, 4.69) is 5.10 Å². The molecule has 22 heavy (non-hydrogen) atoms. The highest BCUT2D eigenvalue weighted by atomic mass is 35.5. The number of carbonyl (C=O) groups is 1. The fourth-order valence-electron chi connectivity index (χ4n) is 1.97. The van der Waals surface area contributed by atoms with Gasteiger partial charge in [-0.25, -0.2) is 4.79 Å². The lowest BCUT2D eigenvalue weighted by Gasteiger charge is -1.99. The Morgan fingerprint density at radius 3 is 2.45 bits per heavy atom. The fourth-order valence-corrected chi connectivity index (χ4v) is 2.09. The van der Waals surface area contributed by atoms with Gasteiger partial charge in [-0.3, -0.25) is 4.79 Å². The van der Waals surface area contributed by atoms with Crippen molar-refractivity contribution in [3.63, 3.8) is 0 Å². The summed E-state index contributed by atoms with van der Waals surface area (Å²) in [6, 6.07) is 15.4. The fraction of sp³-hybridized carbons (Fsp3) is 0.0625. The van der Waals surface area contributed by atoms with Gasteiger partial charge in [-0.15, -0.1) is 5.10 Å². The predicted octanol–water partition coefficient (Wildman–Crippen LogP) is 3.04. The largest absolute Gasteiger partial charge is 0.437 e. The number of hydrogen-bond donors (Lipinski definition) is 0. The Hall–Kier alpha value is -2.66. The average molecular weight is 315 g/mol. The second-order valence-corrected chi connectivity index (χ2v) is 5.06. The number of Topliss-reactive ketones (excluding diaryl/α,β-unsaturated/α-hetero) is 1. The Balaban J connectivity index is 1.85. The van der Waals surface area contributed by atoms with Crippen molar-refractivity contribution in [1.82, 2.24) is 9.78 Å². The summed E-state index contributed by atoms with van der Waals surface area (Å²) in [5.74, 6) is -0.726. The average Bonchev–Trinajstić information content (AvgIpc) is 2.90. The molecule has 0 aliphatic heterocycles. The summed E-state index contributed by atoms with van der Waals surface area (Å²) in [7, 11) is 0. The molecule has 0 N–H and O–H groups in total. The first-order valence-corrected chi connectivity index (χ1v) is 6.93. The van der Waals surface area contributed by atoms with Crippen LogP contribution in [0.2, 0.25) is 5.02 Å². The van der Waals surface area contributed by atoms with Gasteiger partial charge in [0.15, 0.2) is 5.78 Å². The molecule has 0 atom stereocenters. The molecule has 0 bridgehead atoms. The minimum Gasteiger partial charge on any atom is -0.388 e. The minimum atomic E-state index is -0.672. The molecule has 0 saturated carbocycles. The van der Waals surface area contributed by atoms with Crippen LogP contribution in [-0.2, 0) is 6.54 Å². The maximum absolute atomic E-state index is 12.1. The van der Waals surface area contributed by atoms with Gasteiger partial charge in [-0.05, 0) is 24.3 Å². The van der Waals surface area contributed by atoms with Crippen LogP contribution in [0.15, 0.2) is 63.8 Å². The van der Waals surface area contributed by atoms with Crippen molar-refractivity contribution < 1.29 is 9.21 Å². The SMILES string of the molecule is O=C(Cn1nc(-c2ccc(Cl)cc2)oc1=O)c1ccccc1. The number of ketones is 1. The van der Waals surface area contributed by atoms with Crippen molar-refractivity contribution in [2.45, 2.75) is 6.54 Å². The van der Waals surface area contributed by atoms with Crippen LogP contribution < -0.4 is 5.76 Å². The van der Waals surface area contributed by atoms with Gasteiger partial charge in [0.2, 0.25) is 5.89 Å². The van der Waals surface area contributed by atoms with Gasteiger partial charge in [-0.2, -0.15) is 4.68 Å². The van der Waals surface area contributed by atoms with E-state index in [1.165, 1.54) is 0 Å². The number of hydrogen-bond acceptors (Lipinski definition) is 4. The van der Waals surface area contributed by atoms with Crippen molar-refractivity contribution in [2.75, 3.05) is 0 Å². The molecule has 1 aromatic heterocycles. The van der Waals surface area contributed by atoms with E-state index in [4.69, 9.17) is 16.0 Å². The molecule has 0 radical (unpaired) electrons. The maximum Gasteiger partial charge on any atom is 0.437 e. The Labute approximate surface area is 130 Å². The van der Waals surface area contributed by atoms with Gasteiger partial charge in [0.05, 0.1) is 0 Å². The van der Waals surface area contributed by atoms with Gasteiger partial charge in [-0.1, -0.05) is 41.9 Å². The van der Waals surface area contributed by atoms with Gasteiger partial charge in [0, 0.05) is 16.1 Å². The molecule has 0 fully saturated rings. The van der Waals surface area contributed by atoms with E-state index >= 15 is 0 Å². The molecule has 3 rings (SSSR count). The van der Waals surface area contributed by atoms with E-state index < -0.39 is 5.76 Å². The lowest BCUT2D eigenvalue weighted by atomic mass is 10.1. The third-order valence-corrected chi connectivity index (χ3v) is 3.34. The minimum absolute atomic E-state index is 0.155. The van der Waals surface area contributed by atoms with Crippen LogP contribution in [0.25, 0.3) is 11.5 Å². The highest BCUT2D eigenvalue weighted by Gasteiger charge is 2.14. The quantitative estimate of drug-likeness (QED) is 0.694. The number of aromatic nitrogens is 2. The Bertz CT molecular complexity index is 851. The molecule has 0 spiro atoms. The van der Waals surface area contributed by atoms with E-state index in [9.17, 15) is 9.59 Å². The van der Waals surface area contributed by atoms with Crippen LogP contribution in [0.1, 0.15) is 10.4 Å². The standard InChI is InChI=1S/C16H11ClN2O3/c17-13-8-6-12(7-9-13)15-18-19(16(21)22-15)10-14(20)11-4-2-1-3-5-11/h1-9H,10H2. The summed E-state index contributed by atoms with van der Waals surface area (Å²) >= 11 is 5.81. The van der Waals surface area contributed by atoms with Crippen molar-refractivity contribution >= 4 is 17.4 Å². The van der Waals surface area contributed by atoms with Crippen molar-refractivity contribution in [3.05, 3.63) is 75.7 Å². The summed E-state index contributed by atoms with van der Waals surface area (Å²) in [6.07, 6.45) is 0. The zero-order valence-electron chi connectivity index (χ0n) is 11.4. The van der Waals surface area contributed by atoms with Crippen LogP contribution in [0.4, 0.5) is 0 Å². The predicted molar refractivity (Wildman–Crippen MR) is 82.0 cm³/mol. The molecule has 110 valence electrons. The number of carbonyl (C=O) groups excluding carboxylic acids is 1. The first-order chi connectivity index (χ1) is 10.6. The Morgan fingerprint density at radius 2 is 1.77 bits per heavy atom. The van der Waals surface area contributed by atoms with Gasteiger partial charge < -0.3 is 4.42 Å². The monoisotopic (exact) mass is 314 g/mol. The summed E-state index contributed by atoms with van der Waals surface area (Å²) < 4.78 is 6.09. The Morgan fingerprint density at radius 1 is 1.09 bits per heavy atom. The molecule has 5 nitrogen and oxygen atoms in total. The van der Waals surface area contributed by atoms with Crippen LogP contribution >= 0.6 is 11.6 Å². The van der Waals surface area contributed by atoms with Gasteiger partial charge >= 0.3 is 5.76 Å². The van der Waals surface area contributed by atoms with E-state index in [-0.39, 0.29) is 18.2 Å². The van der Waals surface area contributed by atoms with Crippen molar-refractivity contribution in [3.8, 4) is 11.5 Å². The smallest absolute Gasteiger partial charge is 0.388 e. The molecule has 1 heterocycles. The highest BCUT2D eigenvalue weighted by molar-refractivity contribution is 6.30. The Kier molecular flexibility index (Phi) is 3.89. The maximum atomic E-state index is 12.1. The molecule has 0 unspecified atom stereocenters. The lowest BCUT2D eigenvalue weighted by Crippen LogP contribution is -2.21. The molecule has 0 amide bonds. The molecule has 6 heteroatoms. The molecule has 3 aromatic rings. The molecule has 0 saturated heterocycles. The summed E-state index contributed by atoms with van der Waals surface area (Å²) in [5.41, 5.74) is 1.14. The zero-order chi connectivity index (χ0) is 15.5. The molecular formula is C16H11ClN2O3. The zero-order valence-corrected chi connectivity index (χ0v) is 12.2. The molecule has 0 aliphatic rings. The summed E-state index contributed by atoms with van der Waals surface area (Å²) in [5, 5.41) is 4.62. The second kappa shape index (κ2) is 5.99. The van der Waals surface area contributed by atoms with E-state index in [0.29, 0.717) is 16.1 Å². The number of rotatable bonds is 4. The second-order valence-electron chi connectivity index (χ2n) is 4.63. The van der Waals surface area contributed by atoms with E-state index in [1.807, 2.05) is 6.07 Å². The van der Waals surface area contributed by atoms with E-state index in [0.717, 1.165) is 4.68 Å². The summed E-state index contributed by atoms with van der Waals surface area (Å²) in [6.45, 7) is -0.167. The number of nitrogens with zero attached hydrogens (tertiary/aromatic N) is 2. The third kappa shape index (κ3) is 2.99. The molecule has 2 aromatic carbocycles. The van der Waals surface area contributed by atoms with Gasteiger partial charge in [0.25, 0.3) is 0 Å². The van der Waals surface area contributed by atoms with Gasteiger partial charge in [0.1, 0.15) is 6.54 Å². The van der Waals surface area contributed by atoms with Crippen molar-refractivity contribution in [1.29, 1.82) is 0 Å². The molecule has 0 aliphatic carbocycles. The topological polar surface area (TPSA) is 65.1 Å².